The maximum absolute atomic E-state index is 12.3. The summed E-state index contributed by atoms with van der Waals surface area (Å²) in [7, 11) is 1.69. The van der Waals surface area contributed by atoms with Crippen LogP contribution < -0.4 is 4.90 Å². The number of carbonyl (C=O) groups excluding carboxylic acids is 1. The molecular formula is C19H28N6O2. The van der Waals surface area contributed by atoms with Gasteiger partial charge in [-0.25, -0.2) is 0 Å². The van der Waals surface area contributed by atoms with Gasteiger partial charge in [-0.2, -0.15) is 9.61 Å². The highest BCUT2D eigenvalue weighted by Gasteiger charge is 2.42. The summed E-state index contributed by atoms with van der Waals surface area (Å²) >= 11 is 0. The van der Waals surface area contributed by atoms with E-state index in [9.17, 15) is 4.79 Å². The van der Waals surface area contributed by atoms with Crippen molar-refractivity contribution in [1.29, 1.82) is 0 Å². The molecule has 0 aromatic carbocycles. The van der Waals surface area contributed by atoms with Crippen LogP contribution in [-0.4, -0.2) is 70.5 Å². The van der Waals surface area contributed by atoms with E-state index >= 15 is 0 Å². The first-order valence-electron chi connectivity index (χ1n) is 9.86. The smallest absolute Gasteiger partial charge is 0.222 e. The van der Waals surface area contributed by atoms with Crippen molar-refractivity contribution in [3.8, 4) is 0 Å². The van der Waals surface area contributed by atoms with Gasteiger partial charge in [-0.05, 0) is 31.7 Å². The van der Waals surface area contributed by atoms with Crippen LogP contribution in [0.3, 0.4) is 0 Å². The molecule has 1 spiro atoms. The van der Waals surface area contributed by atoms with Gasteiger partial charge in [0.2, 0.25) is 11.6 Å². The molecule has 27 heavy (non-hydrogen) atoms. The van der Waals surface area contributed by atoms with Crippen LogP contribution in [0.25, 0.3) is 5.65 Å². The van der Waals surface area contributed by atoms with E-state index in [4.69, 9.17) is 4.74 Å². The van der Waals surface area contributed by atoms with Gasteiger partial charge in [0.1, 0.15) is 6.33 Å². The average Bonchev–Trinajstić information content (AvgIpc) is 3.17. The number of likely N-dealkylation sites (tertiary alicyclic amines) is 1. The second-order valence-corrected chi connectivity index (χ2v) is 7.81. The molecule has 146 valence electrons. The maximum Gasteiger partial charge on any atom is 0.222 e. The molecule has 0 aliphatic carbocycles. The van der Waals surface area contributed by atoms with Gasteiger partial charge in [0.25, 0.3) is 0 Å². The zero-order valence-electron chi connectivity index (χ0n) is 16.2. The van der Waals surface area contributed by atoms with Gasteiger partial charge in [-0.1, -0.05) is 6.92 Å². The normalized spacial score (nSPS) is 23.6. The zero-order chi connectivity index (χ0) is 18.9. The van der Waals surface area contributed by atoms with Crippen LogP contribution in [0, 0.1) is 5.41 Å². The molecule has 1 amide bonds. The van der Waals surface area contributed by atoms with Crippen LogP contribution in [-0.2, 0) is 16.0 Å². The van der Waals surface area contributed by atoms with Crippen LogP contribution >= 0.6 is 0 Å². The summed E-state index contributed by atoms with van der Waals surface area (Å²) in [5, 5.41) is 12.9. The van der Waals surface area contributed by atoms with Crippen molar-refractivity contribution in [1.82, 2.24) is 24.7 Å². The molecule has 2 saturated heterocycles. The number of hydrogen-bond donors (Lipinski definition) is 0. The topological polar surface area (TPSA) is 75.9 Å². The third kappa shape index (κ3) is 3.50. The highest BCUT2D eigenvalue weighted by atomic mass is 16.5. The van der Waals surface area contributed by atoms with Crippen LogP contribution in [0.2, 0.25) is 0 Å². The molecular weight excluding hydrogens is 344 g/mol. The van der Waals surface area contributed by atoms with Crippen molar-refractivity contribution in [2.24, 2.45) is 5.41 Å². The fraction of sp³-hybridized carbons (Fsp3) is 0.684. The minimum Gasteiger partial charge on any atom is -0.383 e. The Hall–Kier alpha value is -2.22. The number of anilines is 1. The SMILES string of the molecule is CCc1cc(N2CCCC3(CCC(=O)N(CCOC)C3)C2)c2nncn2n1. The summed E-state index contributed by atoms with van der Waals surface area (Å²) in [6, 6.07) is 2.15. The highest BCUT2D eigenvalue weighted by molar-refractivity contribution is 5.77. The molecule has 4 heterocycles. The Bertz CT molecular complexity index is 822. The lowest BCUT2D eigenvalue weighted by Crippen LogP contribution is -2.54. The molecule has 2 aliphatic heterocycles. The van der Waals surface area contributed by atoms with Gasteiger partial charge in [0.05, 0.1) is 18.0 Å². The van der Waals surface area contributed by atoms with Crippen molar-refractivity contribution in [3.05, 3.63) is 18.1 Å². The zero-order valence-corrected chi connectivity index (χ0v) is 16.2. The first-order chi connectivity index (χ1) is 13.1. The second-order valence-electron chi connectivity index (χ2n) is 7.81. The number of aryl methyl sites for hydroxylation is 1. The molecule has 1 unspecified atom stereocenters. The van der Waals surface area contributed by atoms with Crippen LogP contribution in [0.15, 0.2) is 12.4 Å². The number of piperidine rings is 2. The third-order valence-corrected chi connectivity index (χ3v) is 5.98. The van der Waals surface area contributed by atoms with Crippen LogP contribution in [0.4, 0.5) is 5.69 Å². The average molecular weight is 372 g/mol. The minimum atomic E-state index is 0.145. The molecule has 0 N–H and O–H groups in total. The summed E-state index contributed by atoms with van der Waals surface area (Å²) in [4.78, 5) is 16.8. The molecule has 2 aromatic heterocycles. The summed E-state index contributed by atoms with van der Waals surface area (Å²) in [6.07, 6.45) is 6.42. The maximum atomic E-state index is 12.3. The van der Waals surface area contributed by atoms with Gasteiger partial charge in [0.15, 0.2) is 0 Å². The van der Waals surface area contributed by atoms with Gasteiger partial charge in [0, 0.05) is 45.1 Å². The molecule has 2 fully saturated rings. The highest BCUT2D eigenvalue weighted by Crippen LogP contribution is 2.40. The Morgan fingerprint density at radius 1 is 1.30 bits per heavy atom. The van der Waals surface area contributed by atoms with E-state index in [1.165, 1.54) is 0 Å². The number of rotatable bonds is 5. The third-order valence-electron chi connectivity index (χ3n) is 5.98. The van der Waals surface area contributed by atoms with E-state index < -0.39 is 0 Å². The van der Waals surface area contributed by atoms with Crippen LogP contribution in [0.5, 0.6) is 0 Å². The summed E-state index contributed by atoms with van der Waals surface area (Å²) in [5.41, 5.74) is 3.11. The van der Waals surface area contributed by atoms with Crippen LogP contribution in [0.1, 0.15) is 38.3 Å². The van der Waals surface area contributed by atoms with Crippen molar-refractivity contribution in [3.63, 3.8) is 0 Å². The standard InChI is InChI=1S/C19H28N6O2/c1-3-15-11-16(18-21-20-14-25(18)22-15)23-8-4-6-19(12-23)7-5-17(26)24(13-19)9-10-27-2/h11,14H,3-10,12-13H2,1-2H3. The predicted molar refractivity (Wildman–Crippen MR) is 102 cm³/mol. The predicted octanol–water partition coefficient (Wildman–Crippen LogP) is 1.54. The Morgan fingerprint density at radius 3 is 3.00 bits per heavy atom. The molecule has 4 rings (SSSR count). The summed E-state index contributed by atoms with van der Waals surface area (Å²) in [6.45, 7) is 6.15. The Balaban J connectivity index is 1.60. The monoisotopic (exact) mass is 372 g/mol. The first-order valence-corrected chi connectivity index (χ1v) is 9.86. The Morgan fingerprint density at radius 2 is 2.19 bits per heavy atom. The van der Waals surface area contributed by atoms with E-state index in [-0.39, 0.29) is 11.3 Å². The van der Waals surface area contributed by atoms with Crippen molar-refractivity contribution < 1.29 is 9.53 Å². The number of hydrogen-bond acceptors (Lipinski definition) is 6. The second kappa shape index (κ2) is 7.42. The van der Waals surface area contributed by atoms with E-state index in [1.54, 1.807) is 18.0 Å². The largest absolute Gasteiger partial charge is 0.383 e. The fourth-order valence-corrected chi connectivity index (χ4v) is 4.52. The number of nitrogens with zero attached hydrogens (tertiary/aromatic N) is 6. The Kier molecular flexibility index (Phi) is 4.99. The van der Waals surface area contributed by atoms with Gasteiger partial charge < -0.3 is 14.5 Å². The number of ether oxygens (including phenoxy) is 1. The molecule has 8 heteroatoms. The fourth-order valence-electron chi connectivity index (χ4n) is 4.52. The molecule has 1 atom stereocenters. The lowest BCUT2D eigenvalue weighted by atomic mass is 9.73. The number of methoxy groups -OCH3 is 1. The van der Waals surface area contributed by atoms with Gasteiger partial charge >= 0.3 is 0 Å². The van der Waals surface area contributed by atoms with E-state index in [2.05, 4.69) is 33.2 Å². The minimum absolute atomic E-state index is 0.145. The van der Waals surface area contributed by atoms with E-state index in [0.717, 1.165) is 62.3 Å². The quantitative estimate of drug-likeness (QED) is 0.793. The van der Waals surface area contributed by atoms with Crippen molar-refractivity contribution in [2.75, 3.05) is 44.8 Å². The van der Waals surface area contributed by atoms with Gasteiger partial charge in [-0.15, -0.1) is 10.2 Å². The molecule has 0 radical (unpaired) electrons. The van der Waals surface area contributed by atoms with Crippen molar-refractivity contribution in [2.45, 2.75) is 39.0 Å². The van der Waals surface area contributed by atoms with Gasteiger partial charge in [-0.3, -0.25) is 4.79 Å². The van der Waals surface area contributed by atoms with E-state index in [1.807, 2.05) is 4.90 Å². The number of amides is 1. The molecule has 2 aliphatic rings. The summed E-state index contributed by atoms with van der Waals surface area (Å²) in [5.74, 6) is 0.256. The molecule has 8 nitrogen and oxygen atoms in total. The molecule has 2 aromatic rings. The lowest BCUT2D eigenvalue weighted by molar-refractivity contribution is -0.138. The lowest BCUT2D eigenvalue weighted by Gasteiger charge is -2.48. The number of aromatic nitrogens is 4. The molecule has 0 saturated carbocycles. The van der Waals surface area contributed by atoms with E-state index in [0.29, 0.717) is 19.6 Å². The number of fused-ring (bicyclic) bond motifs is 1. The molecule has 0 bridgehead atoms. The Labute approximate surface area is 159 Å². The number of carbonyl (C=O) groups is 1. The summed E-state index contributed by atoms with van der Waals surface area (Å²) < 4.78 is 6.98. The first kappa shape index (κ1) is 18.2. The van der Waals surface area contributed by atoms with Crippen molar-refractivity contribution >= 4 is 17.2 Å².